The number of nitrogens with zero attached hydrogens (tertiary/aromatic N) is 1. The SMILES string of the molecule is C[C@]1(C(F)(F)F)SC(N[C@H]2C[C@@H]3CC[C@H]2C3)=NC1=O. The van der Waals surface area contributed by atoms with E-state index >= 15 is 0 Å². The molecular weight excluding hydrogens is 277 g/mol. The highest BCUT2D eigenvalue weighted by molar-refractivity contribution is 8.16. The van der Waals surface area contributed by atoms with Crippen LogP contribution in [-0.2, 0) is 4.79 Å². The molecule has 0 radical (unpaired) electrons. The fraction of sp³-hybridized carbons (Fsp3) is 0.833. The van der Waals surface area contributed by atoms with E-state index in [-0.39, 0.29) is 11.2 Å². The van der Waals surface area contributed by atoms with E-state index < -0.39 is 16.8 Å². The lowest BCUT2D eigenvalue weighted by molar-refractivity contribution is -0.165. The molecule has 1 N–H and O–H groups in total. The largest absolute Gasteiger partial charge is 0.412 e. The quantitative estimate of drug-likeness (QED) is 0.808. The summed E-state index contributed by atoms with van der Waals surface area (Å²) in [6.45, 7) is 0.902. The van der Waals surface area contributed by atoms with Gasteiger partial charge in [-0.15, -0.1) is 0 Å². The molecule has 0 unspecified atom stereocenters. The lowest BCUT2D eigenvalue weighted by Gasteiger charge is -2.26. The van der Waals surface area contributed by atoms with Gasteiger partial charge < -0.3 is 5.32 Å². The Morgan fingerprint density at radius 2 is 2.11 bits per heavy atom. The highest BCUT2D eigenvalue weighted by Crippen LogP contribution is 2.48. The van der Waals surface area contributed by atoms with Crippen LogP contribution in [0.25, 0.3) is 0 Å². The molecule has 2 fully saturated rings. The van der Waals surface area contributed by atoms with Crippen LogP contribution < -0.4 is 5.32 Å². The number of hydrogen-bond acceptors (Lipinski definition) is 3. The number of alkyl halides is 3. The molecule has 0 spiro atoms. The summed E-state index contributed by atoms with van der Waals surface area (Å²) < 4.78 is 36.2. The Labute approximate surface area is 113 Å². The molecule has 4 atom stereocenters. The molecule has 7 heteroatoms. The minimum atomic E-state index is -4.57. The second-order valence-corrected chi connectivity index (χ2v) is 7.19. The van der Waals surface area contributed by atoms with Crippen molar-refractivity contribution in [3.05, 3.63) is 0 Å². The summed E-state index contributed by atoms with van der Waals surface area (Å²) in [6.07, 6.45) is -0.0793. The first kappa shape index (κ1) is 13.3. The minimum Gasteiger partial charge on any atom is -0.361 e. The van der Waals surface area contributed by atoms with Crippen molar-refractivity contribution in [1.82, 2.24) is 5.32 Å². The molecule has 3 nitrogen and oxygen atoms in total. The number of thioether (sulfide) groups is 1. The molecule has 1 aliphatic heterocycles. The molecular formula is C12H15F3N2OS. The number of aliphatic imine (C=N–C) groups is 1. The van der Waals surface area contributed by atoms with Crippen LogP contribution in [0.4, 0.5) is 13.2 Å². The first-order valence-corrected chi connectivity index (χ1v) is 7.26. The molecule has 2 aliphatic carbocycles. The summed E-state index contributed by atoms with van der Waals surface area (Å²) in [5, 5.41) is 3.20. The third-order valence-electron chi connectivity index (χ3n) is 4.50. The van der Waals surface area contributed by atoms with Gasteiger partial charge in [-0.1, -0.05) is 18.2 Å². The molecule has 19 heavy (non-hydrogen) atoms. The van der Waals surface area contributed by atoms with Gasteiger partial charge in [0, 0.05) is 6.04 Å². The van der Waals surface area contributed by atoms with Gasteiger partial charge in [0.2, 0.25) is 0 Å². The van der Waals surface area contributed by atoms with Gasteiger partial charge in [0.05, 0.1) is 0 Å². The third-order valence-corrected chi connectivity index (χ3v) is 5.72. The van der Waals surface area contributed by atoms with Crippen LogP contribution in [0.15, 0.2) is 4.99 Å². The van der Waals surface area contributed by atoms with E-state index in [2.05, 4.69) is 10.3 Å². The molecule has 0 aromatic carbocycles. The lowest BCUT2D eigenvalue weighted by Crippen LogP contribution is -2.44. The minimum absolute atomic E-state index is 0.141. The number of carbonyl (C=O) groups excluding carboxylic acids is 1. The number of rotatable bonds is 1. The van der Waals surface area contributed by atoms with Gasteiger partial charge in [-0.2, -0.15) is 18.2 Å². The van der Waals surface area contributed by atoms with Crippen LogP contribution in [0, 0.1) is 11.8 Å². The fourth-order valence-electron chi connectivity index (χ4n) is 3.28. The summed E-state index contributed by atoms with van der Waals surface area (Å²) in [5.41, 5.74) is 0. The molecule has 1 amide bonds. The number of amides is 1. The first-order valence-electron chi connectivity index (χ1n) is 6.45. The zero-order valence-corrected chi connectivity index (χ0v) is 11.3. The van der Waals surface area contributed by atoms with Crippen LogP contribution in [0.2, 0.25) is 0 Å². The van der Waals surface area contributed by atoms with Crippen molar-refractivity contribution in [3.8, 4) is 0 Å². The third kappa shape index (κ3) is 2.06. The zero-order valence-electron chi connectivity index (χ0n) is 10.5. The number of amidine groups is 1. The van der Waals surface area contributed by atoms with Crippen molar-refractivity contribution in [2.45, 2.75) is 49.6 Å². The Morgan fingerprint density at radius 1 is 1.37 bits per heavy atom. The number of fused-ring (bicyclic) bond motifs is 2. The van der Waals surface area contributed by atoms with E-state index in [4.69, 9.17) is 0 Å². The summed E-state index contributed by atoms with van der Waals surface area (Å²) >= 11 is 0.507. The van der Waals surface area contributed by atoms with Crippen molar-refractivity contribution in [3.63, 3.8) is 0 Å². The Hall–Kier alpha value is -0.720. The van der Waals surface area contributed by atoms with Gasteiger partial charge in [0.1, 0.15) is 0 Å². The lowest BCUT2D eigenvalue weighted by atomic mass is 9.96. The van der Waals surface area contributed by atoms with Crippen molar-refractivity contribution in [1.29, 1.82) is 0 Å². The monoisotopic (exact) mass is 292 g/mol. The van der Waals surface area contributed by atoms with Crippen molar-refractivity contribution >= 4 is 22.8 Å². The molecule has 2 saturated carbocycles. The van der Waals surface area contributed by atoms with Crippen molar-refractivity contribution < 1.29 is 18.0 Å². The van der Waals surface area contributed by atoms with Gasteiger partial charge in [-0.25, -0.2) is 0 Å². The summed E-state index contributed by atoms with van der Waals surface area (Å²) in [4.78, 5) is 15.1. The fourth-order valence-corrected chi connectivity index (χ4v) is 4.25. The van der Waals surface area contributed by atoms with Crippen molar-refractivity contribution in [2.75, 3.05) is 0 Å². The standard InChI is InChI=1S/C12H15F3N2OS/c1-11(12(13,14)15)9(18)17-10(19-11)16-8-5-6-2-3-7(8)4-6/h6-8H,2-5H2,1H3,(H,16,17,18)/t6-,7+,8+,11+/m1/s1. The normalized spacial score (nSPS) is 41.8. The average Bonchev–Trinajstić information content (AvgIpc) is 2.94. The number of hydrogen-bond donors (Lipinski definition) is 1. The Balaban J connectivity index is 1.68. The molecule has 0 aromatic rings. The van der Waals surface area contributed by atoms with E-state index in [9.17, 15) is 18.0 Å². The van der Waals surface area contributed by atoms with Crippen LogP contribution in [0.3, 0.4) is 0 Å². The predicted molar refractivity (Wildman–Crippen MR) is 66.9 cm³/mol. The molecule has 0 saturated heterocycles. The number of carbonyl (C=O) groups is 1. The van der Waals surface area contributed by atoms with Gasteiger partial charge >= 0.3 is 6.18 Å². The van der Waals surface area contributed by atoms with E-state index in [1.54, 1.807) is 0 Å². The maximum atomic E-state index is 12.9. The van der Waals surface area contributed by atoms with Crippen LogP contribution in [-0.4, -0.2) is 28.0 Å². The highest BCUT2D eigenvalue weighted by atomic mass is 32.2. The summed E-state index contributed by atoms with van der Waals surface area (Å²) in [6, 6.07) is 0.188. The summed E-state index contributed by atoms with van der Waals surface area (Å²) in [7, 11) is 0. The van der Waals surface area contributed by atoms with Gasteiger partial charge in [0.25, 0.3) is 5.91 Å². The number of halogens is 3. The smallest absolute Gasteiger partial charge is 0.361 e. The summed E-state index contributed by atoms with van der Waals surface area (Å²) in [5.74, 6) is 0.121. The number of nitrogens with one attached hydrogen (secondary N) is 1. The van der Waals surface area contributed by atoms with E-state index in [0.717, 1.165) is 26.2 Å². The van der Waals surface area contributed by atoms with Gasteiger partial charge in [-0.3, -0.25) is 4.79 Å². The van der Waals surface area contributed by atoms with Crippen LogP contribution >= 0.6 is 11.8 Å². The molecule has 0 aromatic heterocycles. The van der Waals surface area contributed by atoms with Gasteiger partial charge in [0.15, 0.2) is 9.91 Å². The molecule has 2 bridgehead atoms. The average molecular weight is 292 g/mol. The Kier molecular flexibility index (Phi) is 2.89. The highest BCUT2D eigenvalue weighted by Gasteiger charge is 2.61. The second kappa shape index (κ2) is 4.14. The topological polar surface area (TPSA) is 41.5 Å². The second-order valence-electron chi connectivity index (χ2n) is 5.78. The maximum absolute atomic E-state index is 12.9. The maximum Gasteiger partial charge on any atom is 0.412 e. The van der Waals surface area contributed by atoms with E-state index in [0.29, 0.717) is 23.6 Å². The van der Waals surface area contributed by atoms with Crippen LogP contribution in [0.5, 0.6) is 0 Å². The van der Waals surface area contributed by atoms with E-state index in [1.165, 1.54) is 6.42 Å². The van der Waals surface area contributed by atoms with E-state index in [1.807, 2.05) is 0 Å². The molecule has 3 aliphatic rings. The molecule has 1 heterocycles. The van der Waals surface area contributed by atoms with Crippen molar-refractivity contribution in [2.24, 2.45) is 16.8 Å². The Morgan fingerprint density at radius 3 is 2.58 bits per heavy atom. The molecule has 3 rings (SSSR count). The Bertz CT molecular complexity index is 451. The predicted octanol–water partition coefficient (Wildman–Crippen LogP) is 2.72. The van der Waals surface area contributed by atoms with Crippen LogP contribution in [0.1, 0.15) is 32.6 Å². The van der Waals surface area contributed by atoms with Gasteiger partial charge in [-0.05, 0) is 38.0 Å². The molecule has 106 valence electrons. The first-order chi connectivity index (χ1) is 8.79. The zero-order chi connectivity index (χ0) is 13.8.